The molecular weight excluding hydrogens is 186 g/mol. The van der Waals surface area contributed by atoms with Gasteiger partial charge in [0, 0.05) is 19.1 Å². The third-order valence-corrected chi connectivity index (χ3v) is 3.74. The number of hydrogen-bond acceptors (Lipinski definition) is 3. The molecule has 2 fully saturated rings. The van der Waals surface area contributed by atoms with Gasteiger partial charge in [-0.3, -0.25) is 0 Å². The highest BCUT2D eigenvalue weighted by atomic mass is 15.1. The number of rotatable bonds is 5. The van der Waals surface area contributed by atoms with Gasteiger partial charge in [-0.25, -0.2) is 0 Å². The summed E-state index contributed by atoms with van der Waals surface area (Å²) in [6, 6.07) is 0.756. The standard InChI is InChI=1S/C12H25N3/c1-11-3-7-15(8-4-11)6-2-5-14-12-9-13-10-12/h11-14H,2-10H2,1H3. The van der Waals surface area contributed by atoms with E-state index < -0.39 is 0 Å². The number of nitrogens with one attached hydrogen (secondary N) is 2. The van der Waals surface area contributed by atoms with Crippen LogP contribution in [-0.2, 0) is 0 Å². The molecule has 0 aliphatic carbocycles. The zero-order valence-corrected chi connectivity index (χ0v) is 9.97. The Morgan fingerprint density at radius 3 is 2.60 bits per heavy atom. The van der Waals surface area contributed by atoms with Crippen molar-refractivity contribution in [2.45, 2.75) is 32.2 Å². The topological polar surface area (TPSA) is 27.3 Å². The highest BCUT2D eigenvalue weighted by Gasteiger charge is 2.16. The van der Waals surface area contributed by atoms with Crippen molar-refractivity contribution in [3.05, 3.63) is 0 Å². The fourth-order valence-corrected chi connectivity index (χ4v) is 2.33. The molecule has 88 valence electrons. The maximum absolute atomic E-state index is 3.58. The van der Waals surface area contributed by atoms with Gasteiger partial charge in [0.1, 0.15) is 0 Å². The average Bonchev–Trinajstić information content (AvgIpc) is 2.18. The Bertz CT molecular complexity index is 172. The van der Waals surface area contributed by atoms with Gasteiger partial charge >= 0.3 is 0 Å². The lowest BCUT2D eigenvalue weighted by Gasteiger charge is -2.31. The molecule has 15 heavy (non-hydrogen) atoms. The maximum Gasteiger partial charge on any atom is 0.0317 e. The van der Waals surface area contributed by atoms with Crippen LogP contribution in [0.1, 0.15) is 26.2 Å². The Labute approximate surface area is 93.6 Å². The van der Waals surface area contributed by atoms with Gasteiger partial charge in [-0.05, 0) is 51.4 Å². The lowest BCUT2D eigenvalue weighted by Crippen LogP contribution is -2.55. The van der Waals surface area contributed by atoms with E-state index in [4.69, 9.17) is 0 Å². The summed E-state index contributed by atoms with van der Waals surface area (Å²) in [5.74, 6) is 0.959. The van der Waals surface area contributed by atoms with Crippen molar-refractivity contribution < 1.29 is 0 Å². The van der Waals surface area contributed by atoms with Crippen molar-refractivity contribution in [2.24, 2.45) is 5.92 Å². The fraction of sp³-hybridized carbons (Fsp3) is 1.00. The lowest BCUT2D eigenvalue weighted by atomic mass is 9.99. The molecule has 2 saturated heterocycles. The van der Waals surface area contributed by atoms with Crippen LogP contribution < -0.4 is 10.6 Å². The van der Waals surface area contributed by atoms with Crippen LogP contribution in [0.4, 0.5) is 0 Å². The molecule has 3 heteroatoms. The van der Waals surface area contributed by atoms with Gasteiger partial charge in [0.15, 0.2) is 0 Å². The Morgan fingerprint density at radius 2 is 2.00 bits per heavy atom. The summed E-state index contributed by atoms with van der Waals surface area (Å²) in [5.41, 5.74) is 0. The van der Waals surface area contributed by atoms with Gasteiger partial charge in [-0.15, -0.1) is 0 Å². The van der Waals surface area contributed by atoms with Gasteiger partial charge in [-0.1, -0.05) is 6.92 Å². The predicted molar refractivity (Wildman–Crippen MR) is 64.1 cm³/mol. The quantitative estimate of drug-likeness (QED) is 0.655. The molecule has 2 rings (SSSR count). The van der Waals surface area contributed by atoms with Crippen molar-refractivity contribution in [3.63, 3.8) is 0 Å². The minimum atomic E-state index is 0.756. The van der Waals surface area contributed by atoms with Crippen LogP contribution in [-0.4, -0.2) is 50.2 Å². The lowest BCUT2D eigenvalue weighted by molar-refractivity contribution is 0.189. The van der Waals surface area contributed by atoms with Gasteiger partial charge in [0.05, 0.1) is 0 Å². The third-order valence-electron chi connectivity index (χ3n) is 3.74. The number of piperidine rings is 1. The Balaban J connectivity index is 1.46. The van der Waals surface area contributed by atoms with E-state index in [1.54, 1.807) is 0 Å². The molecule has 2 aliphatic rings. The van der Waals surface area contributed by atoms with E-state index in [-0.39, 0.29) is 0 Å². The first-order valence-corrected chi connectivity index (χ1v) is 6.51. The van der Waals surface area contributed by atoms with Crippen molar-refractivity contribution in [3.8, 4) is 0 Å². The summed E-state index contributed by atoms with van der Waals surface area (Å²) in [4.78, 5) is 2.63. The second kappa shape index (κ2) is 5.83. The van der Waals surface area contributed by atoms with Gasteiger partial charge in [0.2, 0.25) is 0 Å². The Morgan fingerprint density at radius 1 is 1.27 bits per heavy atom. The molecule has 0 unspecified atom stereocenters. The molecular formula is C12H25N3. The van der Waals surface area contributed by atoms with E-state index in [1.807, 2.05) is 0 Å². The predicted octanol–water partition coefficient (Wildman–Crippen LogP) is 0.670. The second-order valence-corrected chi connectivity index (χ2v) is 5.19. The molecule has 0 amide bonds. The maximum atomic E-state index is 3.58. The van der Waals surface area contributed by atoms with Crippen molar-refractivity contribution in [1.29, 1.82) is 0 Å². The van der Waals surface area contributed by atoms with Crippen LogP contribution >= 0.6 is 0 Å². The zero-order chi connectivity index (χ0) is 10.5. The second-order valence-electron chi connectivity index (χ2n) is 5.19. The van der Waals surface area contributed by atoms with Crippen LogP contribution in [0.15, 0.2) is 0 Å². The van der Waals surface area contributed by atoms with E-state index in [0.717, 1.165) is 12.0 Å². The molecule has 2 heterocycles. The third kappa shape index (κ3) is 3.74. The normalized spacial score (nSPS) is 25.4. The van der Waals surface area contributed by atoms with Crippen LogP contribution in [0.25, 0.3) is 0 Å². The monoisotopic (exact) mass is 211 g/mol. The van der Waals surface area contributed by atoms with Crippen LogP contribution in [0.5, 0.6) is 0 Å². The molecule has 0 atom stereocenters. The first kappa shape index (κ1) is 11.4. The van der Waals surface area contributed by atoms with Crippen LogP contribution in [0.3, 0.4) is 0 Å². The smallest absolute Gasteiger partial charge is 0.0317 e. The Hall–Kier alpha value is -0.120. The molecule has 0 spiro atoms. The van der Waals surface area contributed by atoms with Crippen LogP contribution in [0.2, 0.25) is 0 Å². The SMILES string of the molecule is CC1CCN(CCCNC2CNC2)CC1. The average molecular weight is 211 g/mol. The molecule has 0 saturated carbocycles. The van der Waals surface area contributed by atoms with Crippen molar-refractivity contribution >= 4 is 0 Å². The summed E-state index contributed by atoms with van der Waals surface area (Å²) in [6.45, 7) is 9.85. The summed E-state index contributed by atoms with van der Waals surface area (Å²) in [5, 5.41) is 6.86. The summed E-state index contributed by atoms with van der Waals surface area (Å²) >= 11 is 0. The van der Waals surface area contributed by atoms with Crippen molar-refractivity contribution in [2.75, 3.05) is 39.3 Å². The first-order valence-electron chi connectivity index (χ1n) is 6.51. The largest absolute Gasteiger partial charge is 0.314 e. The number of hydrogen-bond donors (Lipinski definition) is 2. The number of nitrogens with zero attached hydrogens (tertiary/aromatic N) is 1. The first-order chi connectivity index (χ1) is 7.34. The van der Waals surface area contributed by atoms with Crippen molar-refractivity contribution in [1.82, 2.24) is 15.5 Å². The molecule has 0 bridgehead atoms. The van der Waals surface area contributed by atoms with Gasteiger partial charge in [0.25, 0.3) is 0 Å². The molecule has 2 N–H and O–H groups in total. The minimum absolute atomic E-state index is 0.756. The molecule has 0 aromatic rings. The van der Waals surface area contributed by atoms with E-state index >= 15 is 0 Å². The summed E-state index contributed by atoms with van der Waals surface area (Å²) in [7, 11) is 0. The van der Waals surface area contributed by atoms with E-state index in [2.05, 4.69) is 22.5 Å². The minimum Gasteiger partial charge on any atom is -0.314 e. The molecule has 3 nitrogen and oxygen atoms in total. The van der Waals surface area contributed by atoms with Gasteiger partial charge < -0.3 is 15.5 Å². The van der Waals surface area contributed by atoms with E-state index in [9.17, 15) is 0 Å². The molecule has 0 aromatic heterocycles. The highest BCUT2D eigenvalue weighted by molar-refractivity contribution is 4.81. The van der Waals surface area contributed by atoms with Crippen LogP contribution in [0, 0.1) is 5.92 Å². The Kier molecular flexibility index (Phi) is 4.42. The van der Waals surface area contributed by atoms with E-state index in [1.165, 1.54) is 58.5 Å². The summed E-state index contributed by atoms with van der Waals surface area (Å²) in [6.07, 6.45) is 4.12. The molecule has 0 aromatic carbocycles. The molecule has 0 radical (unpaired) electrons. The van der Waals surface area contributed by atoms with Gasteiger partial charge in [-0.2, -0.15) is 0 Å². The number of likely N-dealkylation sites (tertiary alicyclic amines) is 1. The van der Waals surface area contributed by atoms with E-state index in [0.29, 0.717) is 0 Å². The summed E-state index contributed by atoms with van der Waals surface area (Å²) < 4.78 is 0. The molecule has 2 aliphatic heterocycles. The highest BCUT2D eigenvalue weighted by Crippen LogP contribution is 2.15. The fourth-order valence-electron chi connectivity index (χ4n) is 2.33. The zero-order valence-electron chi connectivity index (χ0n) is 9.97.